The lowest BCUT2D eigenvalue weighted by molar-refractivity contribution is -0.121. The van der Waals surface area contributed by atoms with Crippen molar-refractivity contribution < 1.29 is 13.2 Å². The molecule has 0 aliphatic carbocycles. The molecule has 1 saturated heterocycles. The van der Waals surface area contributed by atoms with E-state index in [9.17, 15) is 13.2 Å². The lowest BCUT2D eigenvalue weighted by Crippen LogP contribution is -2.33. The summed E-state index contributed by atoms with van der Waals surface area (Å²) in [7, 11) is -3.55. The van der Waals surface area contributed by atoms with Crippen molar-refractivity contribution >= 4 is 15.9 Å². The number of carbonyl (C=O) groups is 1. The molecule has 1 aliphatic heterocycles. The van der Waals surface area contributed by atoms with Gasteiger partial charge in [0, 0.05) is 12.0 Å². The van der Waals surface area contributed by atoms with Gasteiger partial charge in [0.05, 0.1) is 12.3 Å². The largest absolute Gasteiger partial charge is 0.268 e. The Morgan fingerprint density at radius 2 is 1.89 bits per heavy atom. The van der Waals surface area contributed by atoms with E-state index < -0.39 is 22.0 Å². The molecular weight excluding hydrogens is 250 g/mol. The summed E-state index contributed by atoms with van der Waals surface area (Å²) in [5.41, 5.74) is 1.39. The van der Waals surface area contributed by atoms with Gasteiger partial charge in [-0.15, -0.1) is 0 Å². The highest BCUT2D eigenvalue weighted by Gasteiger charge is 2.41. The first-order valence-electron chi connectivity index (χ1n) is 5.69. The van der Waals surface area contributed by atoms with Crippen LogP contribution in [0.15, 0.2) is 42.0 Å². The molecule has 2 rings (SSSR count). The van der Waals surface area contributed by atoms with Gasteiger partial charge >= 0.3 is 0 Å². The Balaban J connectivity index is 2.50. The molecule has 0 saturated carbocycles. The van der Waals surface area contributed by atoms with Crippen LogP contribution in [0, 0.1) is 0 Å². The molecule has 18 heavy (non-hydrogen) atoms. The molecule has 1 heterocycles. The van der Waals surface area contributed by atoms with Crippen LogP contribution in [0.1, 0.15) is 24.9 Å². The summed E-state index contributed by atoms with van der Waals surface area (Å²) in [6.45, 7) is 1.75. The first-order valence-corrected chi connectivity index (χ1v) is 7.54. The normalized spacial score (nSPS) is 22.8. The summed E-state index contributed by atoms with van der Waals surface area (Å²) >= 11 is 0. The molecule has 1 aromatic rings. The third kappa shape index (κ3) is 2.18. The standard InChI is InChI=1S/C13H15NO3S/c1-3-10-9-12(11-7-5-4-6-8-11)14(13(10)15)18(2,16)17/h3-8,12H,9H2,1-2H3/b10-3-. The van der Waals surface area contributed by atoms with E-state index in [1.54, 1.807) is 13.0 Å². The summed E-state index contributed by atoms with van der Waals surface area (Å²) in [6.07, 6.45) is 3.19. The number of hydrogen-bond donors (Lipinski definition) is 0. The minimum atomic E-state index is -3.55. The minimum Gasteiger partial charge on any atom is -0.268 e. The maximum Gasteiger partial charge on any atom is 0.263 e. The Labute approximate surface area is 107 Å². The van der Waals surface area contributed by atoms with Crippen LogP contribution >= 0.6 is 0 Å². The predicted octanol–water partition coefficient (Wildman–Crippen LogP) is 1.87. The van der Waals surface area contributed by atoms with E-state index in [-0.39, 0.29) is 0 Å². The van der Waals surface area contributed by atoms with Crippen molar-refractivity contribution in [2.45, 2.75) is 19.4 Å². The van der Waals surface area contributed by atoms with Crippen molar-refractivity contribution in [3.63, 3.8) is 0 Å². The predicted molar refractivity (Wildman–Crippen MR) is 69.2 cm³/mol. The zero-order chi connectivity index (χ0) is 13.3. The number of benzene rings is 1. The number of amides is 1. The van der Waals surface area contributed by atoms with Crippen molar-refractivity contribution in [2.75, 3.05) is 6.26 Å². The summed E-state index contributed by atoms with van der Waals surface area (Å²) in [6, 6.07) is 8.81. The van der Waals surface area contributed by atoms with Crippen LogP contribution in [-0.4, -0.2) is 24.9 Å². The van der Waals surface area contributed by atoms with Gasteiger partial charge in [-0.05, 0) is 12.5 Å². The van der Waals surface area contributed by atoms with E-state index >= 15 is 0 Å². The first-order chi connectivity index (χ1) is 8.45. The highest BCUT2D eigenvalue weighted by Crippen LogP contribution is 2.37. The van der Waals surface area contributed by atoms with Crippen LogP contribution in [0.5, 0.6) is 0 Å². The Morgan fingerprint density at radius 1 is 1.28 bits per heavy atom. The van der Waals surface area contributed by atoms with E-state index in [2.05, 4.69) is 0 Å². The summed E-state index contributed by atoms with van der Waals surface area (Å²) in [5, 5.41) is 0. The Hall–Kier alpha value is -1.62. The van der Waals surface area contributed by atoms with Crippen molar-refractivity contribution in [3.05, 3.63) is 47.5 Å². The molecule has 0 bridgehead atoms. The third-order valence-corrected chi connectivity index (χ3v) is 4.20. The van der Waals surface area contributed by atoms with Crippen molar-refractivity contribution in [1.82, 2.24) is 4.31 Å². The van der Waals surface area contributed by atoms with Crippen LogP contribution in [0.2, 0.25) is 0 Å². The average molecular weight is 265 g/mol. The lowest BCUT2D eigenvalue weighted by Gasteiger charge is -2.22. The van der Waals surface area contributed by atoms with Gasteiger partial charge < -0.3 is 0 Å². The van der Waals surface area contributed by atoms with Gasteiger partial charge in [0.15, 0.2) is 0 Å². The highest BCUT2D eigenvalue weighted by atomic mass is 32.2. The lowest BCUT2D eigenvalue weighted by atomic mass is 10.0. The maximum atomic E-state index is 12.0. The molecule has 96 valence electrons. The summed E-state index contributed by atoms with van der Waals surface area (Å²) in [5.74, 6) is -0.408. The van der Waals surface area contributed by atoms with Crippen LogP contribution in [0.3, 0.4) is 0 Å². The molecule has 1 atom stereocenters. The zero-order valence-electron chi connectivity index (χ0n) is 10.3. The number of hydrogen-bond acceptors (Lipinski definition) is 3. The van der Waals surface area contributed by atoms with Gasteiger partial charge in [0.2, 0.25) is 10.0 Å². The smallest absolute Gasteiger partial charge is 0.263 e. The van der Waals surface area contributed by atoms with E-state index in [1.165, 1.54) is 0 Å². The van der Waals surface area contributed by atoms with Crippen LogP contribution in [-0.2, 0) is 14.8 Å². The van der Waals surface area contributed by atoms with Crippen LogP contribution in [0.4, 0.5) is 0 Å². The quantitative estimate of drug-likeness (QED) is 0.767. The Kier molecular flexibility index (Phi) is 3.26. The molecule has 1 fully saturated rings. The number of nitrogens with zero attached hydrogens (tertiary/aromatic N) is 1. The van der Waals surface area contributed by atoms with Crippen molar-refractivity contribution in [1.29, 1.82) is 0 Å². The fraction of sp³-hybridized carbons (Fsp3) is 0.308. The van der Waals surface area contributed by atoms with Crippen molar-refractivity contribution in [2.24, 2.45) is 0 Å². The van der Waals surface area contributed by atoms with E-state index in [4.69, 9.17) is 0 Å². The van der Waals surface area contributed by atoms with E-state index in [0.29, 0.717) is 12.0 Å². The van der Waals surface area contributed by atoms with Crippen LogP contribution in [0.25, 0.3) is 0 Å². The zero-order valence-corrected chi connectivity index (χ0v) is 11.1. The number of allylic oxidation sites excluding steroid dienone is 1. The third-order valence-electron chi connectivity index (χ3n) is 3.06. The molecule has 1 aromatic carbocycles. The van der Waals surface area contributed by atoms with Crippen molar-refractivity contribution in [3.8, 4) is 0 Å². The SMILES string of the molecule is C/C=C1/CC(c2ccccc2)N(S(C)(=O)=O)C1=O. The topological polar surface area (TPSA) is 54.5 Å². The monoisotopic (exact) mass is 265 g/mol. The molecule has 0 spiro atoms. The van der Waals surface area contributed by atoms with Gasteiger partial charge in [-0.25, -0.2) is 12.7 Å². The molecular formula is C13H15NO3S. The molecule has 0 aromatic heterocycles. The van der Waals surface area contributed by atoms with Gasteiger partial charge in [-0.1, -0.05) is 36.4 Å². The Bertz CT molecular complexity index is 590. The molecule has 1 unspecified atom stereocenters. The minimum absolute atomic E-state index is 0.408. The molecule has 0 N–H and O–H groups in total. The fourth-order valence-electron chi connectivity index (χ4n) is 2.21. The fourth-order valence-corrected chi connectivity index (χ4v) is 3.29. The van der Waals surface area contributed by atoms with Gasteiger partial charge in [0.25, 0.3) is 5.91 Å². The van der Waals surface area contributed by atoms with Gasteiger partial charge in [0.1, 0.15) is 0 Å². The second-order valence-corrected chi connectivity index (χ2v) is 6.17. The van der Waals surface area contributed by atoms with E-state index in [1.807, 2.05) is 30.3 Å². The molecule has 5 heteroatoms. The molecule has 0 radical (unpaired) electrons. The molecule has 1 amide bonds. The maximum absolute atomic E-state index is 12.0. The molecule has 4 nitrogen and oxygen atoms in total. The summed E-state index contributed by atoms with van der Waals surface area (Å²) < 4.78 is 24.5. The number of carbonyl (C=O) groups excluding carboxylic acids is 1. The number of rotatable bonds is 2. The van der Waals surface area contributed by atoms with Gasteiger partial charge in [-0.3, -0.25) is 4.79 Å². The average Bonchev–Trinajstić information content (AvgIpc) is 2.67. The summed E-state index contributed by atoms with van der Waals surface area (Å²) in [4.78, 5) is 12.0. The Morgan fingerprint density at radius 3 is 2.39 bits per heavy atom. The second kappa shape index (κ2) is 4.57. The molecule has 1 aliphatic rings. The van der Waals surface area contributed by atoms with Gasteiger partial charge in [-0.2, -0.15) is 0 Å². The highest BCUT2D eigenvalue weighted by molar-refractivity contribution is 7.89. The van der Waals surface area contributed by atoms with Crippen LogP contribution < -0.4 is 0 Å². The van der Waals surface area contributed by atoms with E-state index in [0.717, 1.165) is 16.1 Å². The first kappa shape index (κ1) is 12.8. The second-order valence-electron chi connectivity index (χ2n) is 4.31. The number of sulfonamides is 1.